The summed E-state index contributed by atoms with van der Waals surface area (Å²) in [6, 6.07) is 7.58. The van der Waals surface area contributed by atoms with Crippen molar-refractivity contribution in [1.82, 2.24) is 0 Å². The topological polar surface area (TPSA) is 41.8 Å². The standard InChI is InChI=1S/C13H21NO2Si/c1-13(2,3)17(4,5)16-12-8-6-11(7-9-12)10-14-15/h6-10,15H,1-5H3. The van der Waals surface area contributed by atoms with E-state index in [9.17, 15) is 0 Å². The second-order valence-corrected chi connectivity index (χ2v) is 10.4. The van der Waals surface area contributed by atoms with Crippen LogP contribution in [0.4, 0.5) is 0 Å². The molecule has 0 atom stereocenters. The van der Waals surface area contributed by atoms with Crippen molar-refractivity contribution in [1.29, 1.82) is 0 Å². The molecule has 0 aliphatic heterocycles. The van der Waals surface area contributed by atoms with E-state index in [1.54, 1.807) is 0 Å². The number of rotatable bonds is 3. The van der Waals surface area contributed by atoms with Crippen molar-refractivity contribution in [2.45, 2.75) is 38.9 Å². The minimum absolute atomic E-state index is 0.193. The smallest absolute Gasteiger partial charge is 0.250 e. The molecule has 0 aromatic heterocycles. The Bertz CT molecular complexity index is 391. The summed E-state index contributed by atoms with van der Waals surface area (Å²) in [6.45, 7) is 11.1. The van der Waals surface area contributed by atoms with Gasteiger partial charge in [0.2, 0.25) is 8.32 Å². The molecule has 4 heteroatoms. The normalized spacial score (nSPS) is 13.0. The van der Waals surface area contributed by atoms with Gasteiger partial charge in [-0.15, -0.1) is 0 Å². The first-order valence-corrected chi connectivity index (χ1v) is 8.63. The predicted octanol–water partition coefficient (Wildman–Crippen LogP) is 3.88. The van der Waals surface area contributed by atoms with E-state index >= 15 is 0 Å². The van der Waals surface area contributed by atoms with E-state index in [1.807, 2.05) is 24.3 Å². The molecule has 0 unspecified atom stereocenters. The van der Waals surface area contributed by atoms with Gasteiger partial charge in [0.1, 0.15) is 5.75 Å². The van der Waals surface area contributed by atoms with Crippen molar-refractivity contribution in [2.75, 3.05) is 0 Å². The fraction of sp³-hybridized carbons (Fsp3) is 0.462. The highest BCUT2D eigenvalue weighted by Gasteiger charge is 2.38. The van der Waals surface area contributed by atoms with Crippen molar-refractivity contribution in [3.05, 3.63) is 29.8 Å². The molecule has 0 amide bonds. The third-order valence-electron chi connectivity index (χ3n) is 3.27. The molecule has 1 rings (SSSR count). The highest BCUT2D eigenvalue weighted by atomic mass is 28.4. The summed E-state index contributed by atoms with van der Waals surface area (Å²) in [6.07, 6.45) is 1.40. The Balaban J connectivity index is 2.83. The molecule has 0 saturated carbocycles. The lowest BCUT2D eigenvalue weighted by Gasteiger charge is -2.36. The van der Waals surface area contributed by atoms with Gasteiger partial charge in [0.15, 0.2) is 0 Å². The molecule has 17 heavy (non-hydrogen) atoms. The highest BCUT2D eigenvalue weighted by Crippen LogP contribution is 2.37. The first kappa shape index (κ1) is 13.8. The maximum Gasteiger partial charge on any atom is 0.250 e. The van der Waals surface area contributed by atoms with Crippen LogP contribution in [-0.4, -0.2) is 19.7 Å². The minimum atomic E-state index is -1.76. The van der Waals surface area contributed by atoms with Gasteiger partial charge < -0.3 is 9.63 Å². The SMILES string of the molecule is CC(C)(C)[Si](C)(C)Oc1ccc(C=NO)cc1. The second kappa shape index (κ2) is 4.92. The minimum Gasteiger partial charge on any atom is -0.544 e. The first-order valence-electron chi connectivity index (χ1n) is 5.73. The average molecular weight is 251 g/mol. The summed E-state index contributed by atoms with van der Waals surface area (Å²) >= 11 is 0. The molecular formula is C13H21NO2Si. The molecule has 1 N–H and O–H groups in total. The Morgan fingerprint density at radius 1 is 1.18 bits per heavy atom. The zero-order chi connectivity index (χ0) is 13.1. The van der Waals surface area contributed by atoms with Crippen LogP contribution in [0.15, 0.2) is 29.4 Å². The van der Waals surface area contributed by atoms with Gasteiger partial charge in [-0.2, -0.15) is 0 Å². The van der Waals surface area contributed by atoms with Crippen molar-refractivity contribution in [3.63, 3.8) is 0 Å². The molecule has 0 aliphatic rings. The lowest BCUT2D eigenvalue weighted by molar-refractivity contribution is 0.322. The quantitative estimate of drug-likeness (QED) is 0.383. The Hall–Kier alpha value is -1.29. The van der Waals surface area contributed by atoms with Gasteiger partial charge in [-0.25, -0.2) is 0 Å². The molecule has 0 radical (unpaired) electrons. The molecule has 94 valence electrons. The largest absolute Gasteiger partial charge is 0.544 e. The summed E-state index contributed by atoms with van der Waals surface area (Å²) < 4.78 is 6.13. The van der Waals surface area contributed by atoms with E-state index in [-0.39, 0.29) is 5.04 Å². The number of hydrogen-bond acceptors (Lipinski definition) is 3. The van der Waals surface area contributed by atoms with Gasteiger partial charge in [0, 0.05) is 0 Å². The van der Waals surface area contributed by atoms with Gasteiger partial charge >= 0.3 is 0 Å². The Kier molecular flexibility index (Phi) is 3.98. The van der Waals surface area contributed by atoms with Crippen LogP contribution in [0.1, 0.15) is 26.3 Å². The molecule has 1 aromatic rings. The first-order chi connectivity index (χ1) is 7.76. The van der Waals surface area contributed by atoms with Crippen LogP contribution in [0.5, 0.6) is 5.75 Å². The van der Waals surface area contributed by atoms with Crippen LogP contribution in [0.25, 0.3) is 0 Å². The summed E-state index contributed by atoms with van der Waals surface area (Å²) in [5.41, 5.74) is 0.857. The molecule has 0 aliphatic carbocycles. The number of nitrogens with zero attached hydrogens (tertiary/aromatic N) is 1. The van der Waals surface area contributed by atoms with Crippen LogP contribution in [0, 0.1) is 0 Å². The van der Waals surface area contributed by atoms with Crippen LogP contribution in [0.3, 0.4) is 0 Å². The lowest BCUT2D eigenvalue weighted by Crippen LogP contribution is -2.43. The van der Waals surface area contributed by atoms with Crippen molar-refractivity contribution < 1.29 is 9.63 Å². The zero-order valence-electron chi connectivity index (χ0n) is 11.2. The molecular weight excluding hydrogens is 230 g/mol. The maximum absolute atomic E-state index is 8.43. The van der Waals surface area contributed by atoms with E-state index in [1.165, 1.54) is 6.21 Å². The van der Waals surface area contributed by atoms with Crippen molar-refractivity contribution >= 4 is 14.5 Å². The van der Waals surface area contributed by atoms with Gasteiger partial charge in [0.05, 0.1) is 6.21 Å². The van der Waals surface area contributed by atoms with Crippen LogP contribution in [0.2, 0.25) is 18.1 Å². The molecule has 3 nitrogen and oxygen atoms in total. The molecule has 0 spiro atoms. The third-order valence-corrected chi connectivity index (χ3v) is 7.62. The van der Waals surface area contributed by atoms with E-state index in [2.05, 4.69) is 39.0 Å². The summed E-state index contributed by atoms with van der Waals surface area (Å²) in [7, 11) is -1.76. The van der Waals surface area contributed by atoms with Gasteiger partial charge in [-0.05, 0) is 48.0 Å². The summed E-state index contributed by atoms with van der Waals surface area (Å²) in [5, 5.41) is 11.6. The summed E-state index contributed by atoms with van der Waals surface area (Å²) in [5.74, 6) is 0.881. The maximum atomic E-state index is 8.43. The Labute approximate surface area is 104 Å². The van der Waals surface area contributed by atoms with Crippen molar-refractivity contribution in [2.24, 2.45) is 5.16 Å². The molecule has 0 saturated heterocycles. The van der Waals surface area contributed by atoms with E-state index in [4.69, 9.17) is 9.63 Å². The second-order valence-electron chi connectivity index (χ2n) is 5.68. The Morgan fingerprint density at radius 2 is 1.71 bits per heavy atom. The average Bonchev–Trinajstić information content (AvgIpc) is 2.19. The molecule has 0 heterocycles. The van der Waals surface area contributed by atoms with Gasteiger partial charge in [-0.1, -0.05) is 25.9 Å². The monoisotopic (exact) mass is 251 g/mol. The summed E-state index contributed by atoms with van der Waals surface area (Å²) in [4.78, 5) is 0. The molecule has 0 bridgehead atoms. The zero-order valence-corrected chi connectivity index (χ0v) is 12.2. The third kappa shape index (κ3) is 3.59. The Morgan fingerprint density at radius 3 is 2.12 bits per heavy atom. The highest BCUT2D eigenvalue weighted by molar-refractivity contribution is 6.74. The predicted molar refractivity (Wildman–Crippen MR) is 73.6 cm³/mol. The van der Waals surface area contributed by atoms with E-state index in [0.717, 1.165) is 11.3 Å². The molecule has 1 aromatic carbocycles. The van der Waals surface area contributed by atoms with Crippen LogP contribution >= 0.6 is 0 Å². The van der Waals surface area contributed by atoms with Gasteiger partial charge in [-0.3, -0.25) is 0 Å². The molecule has 0 fully saturated rings. The number of benzene rings is 1. The number of oxime groups is 1. The van der Waals surface area contributed by atoms with Gasteiger partial charge in [0.25, 0.3) is 0 Å². The lowest BCUT2D eigenvalue weighted by atomic mass is 10.2. The van der Waals surface area contributed by atoms with Crippen LogP contribution in [-0.2, 0) is 0 Å². The van der Waals surface area contributed by atoms with E-state index in [0.29, 0.717) is 0 Å². The van der Waals surface area contributed by atoms with Crippen LogP contribution < -0.4 is 4.43 Å². The number of hydrogen-bond donors (Lipinski definition) is 1. The fourth-order valence-corrected chi connectivity index (χ4v) is 2.17. The van der Waals surface area contributed by atoms with Crippen molar-refractivity contribution in [3.8, 4) is 5.75 Å². The van der Waals surface area contributed by atoms with E-state index < -0.39 is 8.32 Å². The fourth-order valence-electron chi connectivity index (χ4n) is 1.14.